The summed E-state index contributed by atoms with van der Waals surface area (Å²) in [6.45, 7) is 1.54. The number of aromatic nitrogens is 2. The highest BCUT2D eigenvalue weighted by Crippen LogP contribution is 2.29. The van der Waals surface area contributed by atoms with Crippen LogP contribution in [0.2, 0.25) is 0 Å². The van der Waals surface area contributed by atoms with Gasteiger partial charge in [-0.25, -0.2) is 0 Å². The number of rotatable bonds is 4. The molecule has 2 aromatic carbocycles. The van der Waals surface area contributed by atoms with Crippen molar-refractivity contribution >= 4 is 11.6 Å². The largest absolute Gasteiger partial charge is 0.326 e. The summed E-state index contributed by atoms with van der Waals surface area (Å²) in [6, 6.07) is 18.1. The number of benzene rings is 2. The van der Waals surface area contributed by atoms with Crippen molar-refractivity contribution in [3.63, 3.8) is 0 Å². The van der Waals surface area contributed by atoms with Crippen LogP contribution < -0.4 is 10.6 Å². The zero-order chi connectivity index (χ0) is 17.1. The summed E-state index contributed by atoms with van der Waals surface area (Å²) >= 11 is 0. The van der Waals surface area contributed by atoms with Crippen molar-refractivity contribution < 1.29 is 4.79 Å². The van der Waals surface area contributed by atoms with E-state index in [1.54, 1.807) is 6.20 Å². The molecular formula is C20H20N4O. The summed E-state index contributed by atoms with van der Waals surface area (Å²) < 4.78 is 0. The van der Waals surface area contributed by atoms with E-state index >= 15 is 0 Å². The number of nitrogens with one attached hydrogen (secondary N) is 3. The molecule has 2 atom stereocenters. The topological polar surface area (TPSA) is 69.8 Å². The van der Waals surface area contributed by atoms with E-state index < -0.39 is 0 Å². The molecule has 0 bridgehead atoms. The molecule has 0 saturated carbocycles. The molecule has 0 spiro atoms. The first-order valence-corrected chi connectivity index (χ1v) is 8.47. The zero-order valence-electron chi connectivity index (χ0n) is 13.8. The Morgan fingerprint density at radius 3 is 2.52 bits per heavy atom. The maximum absolute atomic E-state index is 12.7. The van der Waals surface area contributed by atoms with Crippen LogP contribution in [0, 0.1) is 5.92 Å². The Morgan fingerprint density at radius 1 is 1.00 bits per heavy atom. The summed E-state index contributed by atoms with van der Waals surface area (Å²) in [7, 11) is 0. The lowest BCUT2D eigenvalue weighted by atomic mass is 9.88. The highest BCUT2D eigenvalue weighted by atomic mass is 16.1. The molecule has 1 saturated heterocycles. The maximum atomic E-state index is 12.7. The molecule has 0 radical (unpaired) electrons. The van der Waals surface area contributed by atoms with Crippen molar-refractivity contribution in [3.05, 3.63) is 72.6 Å². The lowest BCUT2D eigenvalue weighted by Gasteiger charge is -2.18. The number of carbonyl (C=O) groups excluding carboxylic acids is 1. The van der Waals surface area contributed by atoms with Crippen LogP contribution in [-0.4, -0.2) is 29.2 Å². The Hall–Kier alpha value is -2.92. The molecule has 1 fully saturated rings. The average Bonchev–Trinajstić information content (AvgIpc) is 3.35. The van der Waals surface area contributed by atoms with Crippen LogP contribution in [0.4, 0.5) is 5.69 Å². The number of aromatic amines is 1. The number of amides is 1. The normalized spacial score (nSPS) is 19.7. The van der Waals surface area contributed by atoms with E-state index in [0.717, 1.165) is 23.4 Å². The third-order valence-electron chi connectivity index (χ3n) is 4.76. The number of anilines is 1. The minimum atomic E-state index is -0.0593. The number of H-pyrrole nitrogens is 1. The van der Waals surface area contributed by atoms with E-state index in [0.29, 0.717) is 6.54 Å². The Labute approximate surface area is 146 Å². The van der Waals surface area contributed by atoms with Gasteiger partial charge in [-0.3, -0.25) is 9.89 Å². The molecule has 5 nitrogen and oxygen atoms in total. The molecule has 2 heterocycles. The number of carbonyl (C=O) groups is 1. The predicted molar refractivity (Wildman–Crippen MR) is 98.2 cm³/mol. The van der Waals surface area contributed by atoms with Crippen molar-refractivity contribution in [1.82, 2.24) is 15.5 Å². The summed E-state index contributed by atoms with van der Waals surface area (Å²) in [4.78, 5) is 12.7. The smallest absolute Gasteiger partial charge is 0.229 e. The van der Waals surface area contributed by atoms with Crippen LogP contribution >= 0.6 is 0 Å². The molecule has 1 aromatic heterocycles. The summed E-state index contributed by atoms with van der Waals surface area (Å²) in [6.07, 6.45) is 3.63. The van der Waals surface area contributed by atoms with Gasteiger partial charge >= 0.3 is 0 Å². The molecule has 1 aliphatic heterocycles. The second kappa shape index (κ2) is 6.91. The molecule has 3 aromatic rings. The fourth-order valence-corrected chi connectivity index (χ4v) is 3.39. The van der Waals surface area contributed by atoms with Crippen LogP contribution in [0.5, 0.6) is 0 Å². The third-order valence-corrected chi connectivity index (χ3v) is 4.76. The first kappa shape index (κ1) is 15.6. The summed E-state index contributed by atoms with van der Waals surface area (Å²) in [5.41, 5.74) is 4.12. The average molecular weight is 332 g/mol. The highest BCUT2D eigenvalue weighted by molar-refractivity contribution is 5.93. The van der Waals surface area contributed by atoms with Crippen molar-refractivity contribution in [2.75, 3.05) is 18.4 Å². The fraction of sp³-hybridized carbons (Fsp3) is 0.200. The van der Waals surface area contributed by atoms with E-state index in [-0.39, 0.29) is 17.7 Å². The molecule has 0 unspecified atom stereocenters. The summed E-state index contributed by atoms with van der Waals surface area (Å²) in [5, 5.41) is 13.2. The second-order valence-corrected chi connectivity index (χ2v) is 6.34. The van der Waals surface area contributed by atoms with Gasteiger partial charge in [0.15, 0.2) is 0 Å². The highest BCUT2D eigenvalue weighted by Gasteiger charge is 2.33. The molecule has 25 heavy (non-hydrogen) atoms. The molecular weight excluding hydrogens is 312 g/mol. The first-order chi connectivity index (χ1) is 12.3. The number of hydrogen-bond acceptors (Lipinski definition) is 3. The second-order valence-electron chi connectivity index (χ2n) is 6.34. The van der Waals surface area contributed by atoms with Crippen LogP contribution in [0.15, 0.2) is 67.0 Å². The van der Waals surface area contributed by atoms with Gasteiger partial charge in [-0.15, -0.1) is 0 Å². The van der Waals surface area contributed by atoms with Gasteiger partial charge in [-0.2, -0.15) is 5.10 Å². The molecule has 1 amide bonds. The SMILES string of the molecule is O=C(Nc1ccc(-c2cn[nH]c2)cc1)[C@@H]1CNC[C@H]1c1ccccc1. The lowest BCUT2D eigenvalue weighted by Crippen LogP contribution is -2.28. The lowest BCUT2D eigenvalue weighted by molar-refractivity contribution is -0.119. The standard InChI is InChI=1S/C20H20N4O/c25-20(19-13-21-12-18(19)15-4-2-1-3-5-15)24-17-8-6-14(7-9-17)16-10-22-23-11-16/h1-11,18-19,21H,12-13H2,(H,22,23)(H,24,25)/t18-,19+/m0/s1. The van der Waals surface area contributed by atoms with E-state index in [1.807, 2.05) is 48.7 Å². The maximum Gasteiger partial charge on any atom is 0.229 e. The minimum Gasteiger partial charge on any atom is -0.326 e. The van der Waals surface area contributed by atoms with Gasteiger partial charge in [0.1, 0.15) is 0 Å². The quantitative estimate of drug-likeness (QED) is 0.688. The van der Waals surface area contributed by atoms with Gasteiger partial charge < -0.3 is 10.6 Å². The van der Waals surface area contributed by atoms with E-state index in [9.17, 15) is 4.79 Å². The summed E-state index contributed by atoms with van der Waals surface area (Å²) in [5.74, 6) is 0.220. The van der Waals surface area contributed by atoms with Crippen LogP contribution in [0.3, 0.4) is 0 Å². The molecule has 3 N–H and O–H groups in total. The molecule has 5 heteroatoms. The van der Waals surface area contributed by atoms with Crippen LogP contribution in [0.1, 0.15) is 11.5 Å². The van der Waals surface area contributed by atoms with Gasteiger partial charge in [0, 0.05) is 36.5 Å². The van der Waals surface area contributed by atoms with E-state index in [1.165, 1.54) is 5.56 Å². The van der Waals surface area contributed by atoms with Crippen LogP contribution in [0.25, 0.3) is 11.1 Å². The molecule has 126 valence electrons. The predicted octanol–water partition coefficient (Wildman–Crippen LogP) is 3.02. The van der Waals surface area contributed by atoms with Gasteiger partial charge in [0.2, 0.25) is 5.91 Å². The number of nitrogens with zero attached hydrogens (tertiary/aromatic N) is 1. The zero-order valence-corrected chi connectivity index (χ0v) is 13.8. The Morgan fingerprint density at radius 2 is 1.80 bits per heavy atom. The third kappa shape index (κ3) is 3.32. The molecule has 4 rings (SSSR count). The van der Waals surface area contributed by atoms with E-state index in [4.69, 9.17) is 0 Å². The first-order valence-electron chi connectivity index (χ1n) is 8.47. The number of hydrogen-bond donors (Lipinski definition) is 3. The Balaban J connectivity index is 1.46. The van der Waals surface area contributed by atoms with Crippen molar-refractivity contribution in [2.24, 2.45) is 5.92 Å². The molecule has 0 aliphatic carbocycles. The van der Waals surface area contributed by atoms with Gasteiger partial charge in [0.05, 0.1) is 12.1 Å². The van der Waals surface area contributed by atoms with Crippen molar-refractivity contribution in [1.29, 1.82) is 0 Å². The fourth-order valence-electron chi connectivity index (χ4n) is 3.39. The Kier molecular flexibility index (Phi) is 4.31. The van der Waals surface area contributed by atoms with Gasteiger partial charge in [-0.1, -0.05) is 42.5 Å². The van der Waals surface area contributed by atoms with Gasteiger partial charge in [0.25, 0.3) is 0 Å². The van der Waals surface area contributed by atoms with Crippen LogP contribution in [-0.2, 0) is 4.79 Å². The molecule has 1 aliphatic rings. The van der Waals surface area contributed by atoms with Crippen molar-refractivity contribution in [2.45, 2.75) is 5.92 Å². The monoisotopic (exact) mass is 332 g/mol. The Bertz CT molecular complexity index is 828. The van der Waals surface area contributed by atoms with E-state index in [2.05, 4.69) is 33.0 Å². The van der Waals surface area contributed by atoms with Crippen molar-refractivity contribution in [3.8, 4) is 11.1 Å². The van der Waals surface area contributed by atoms with Gasteiger partial charge in [-0.05, 0) is 23.3 Å². The minimum absolute atomic E-state index is 0.0593.